The number of benzene rings is 2. The average Bonchev–Trinajstić information content (AvgIpc) is 3.16. The van der Waals surface area contributed by atoms with E-state index >= 15 is 0 Å². The lowest BCUT2D eigenvalue weighted by molar-refractivity contribution is -0.124. The molecule has 8 nitrogen and oxygen atoms in total. The number of methoxy groups -OCH3 is 1. The highest BCUT2D eigenvalue weighted by Crippen LogP contribution is 2.20. The van der Waals surface area contributed by atoms with Gasteiger partial charge in [0.15, 0.2) is 0 Å². The lowest BCUT2D eigenvalue weighted by Crippen LogP contribution is -2.34. The lowest BCUT2D eigenvalue weighted by Gasteiger charge is -2.18. The van der Waals surface area contributed by atoms with Crippen LogP contribution in [-0.4, -0.2) is 47.3 Å². The van der Waals surface area contributed by atoms with Gasteiger partial charge in [0, 0.05) is 32.7 Å². The molecule has 1 heterocycles. The van der Waals surface area contributed by atoms with Crippen LogP contribution in [0.4, 0.5) is 5.69 Å². The number of rotatable bonds is 8. The van der Waals surface area contributed by atoms with Crippen molar-refractivity contribution in [2.75, 3.05) is 26.1 Å². The number of hydrogen-bond acceptors (Lipinski definition) is 6. The zero-order valence-electron chi connectivity index (χ0n) is 17.2. The minimum Gasteiger partial charge on any atom is -0.497 e. The molecular formula is C21H26N6O2. The van der Waals surface area contributed by atoms with E-state index in [2.05, 4.69) is 26.9 Å². The van der Waals surface area contributed by atoms with Crippen LogP contribution in [0, 0.1) is 6.92 Å². The molecule has 0 aliphatic rings. The van der Waals surface area contributed by atoms with Gasteiger partial charge in [0.2, 0.25) is 5.91 Å². The molecule has 0 spiro atoms. The molecule has 2 aromatic carbocycles. The van der Waals surface area contributed by atoms with Crippen molar-refractivity contribution in [1.29, 1.82) is 0 Å². The van der Waals surface area contributed by atoms with Crippen molar-refractivity contribution in [3.05, 3.63) is 65.5 Å². The van der Waals surface area contributed by atoms with E-state index in [1.54, 1.807) is 18.7 Å². The smallest absolute Gasteiger partial charge is 0.245 e. The maximum Gasteiger partial charge on any atom is 0.245 e. The molecule has 0 fully saturated rings. The average molecular weight is 394 g/mol. The topological polar surface area (TPSA) is 85.2 Å². The molecule has 0 bridgehead atoms. The highest BCUT2D eigenvalue weighted by atomic mass is 16.5. The molecule has 0 radical (unpaired) electrons. The summed E-state index contributed by atoms with van der Waals surface area (Å²) < 4.78 is 6.86. The number of carbonyl (C=O) groups excluding carboxylic acids is 1. The van der Waals surface area contributed by atoms with Crippen molar-refractivity contribution in [2.45, 2.75) is 25.9 Å². The Morgan fingerprint density at radius 2 is 1.93 bits per heavy atom. The minimum atomic E-state index is -0.561. The van der Waals surface area contributed by atoms with Gasteiger partial charge in [-0.05, 0) is 52.7 Å². The number of aromatic nitrogens is 4. The fraction of sp³-hybridized carbons (Fsp3) is 0.333. The molecular weight excluding hydrogens is 368 g/mol. The maximum atomic E-state index is 13.1. The Balaban J connectivity index is 1.78. The van der Waals surface area contributed by atoms with Crippen LogP contribution in [0.25, 0.3) is 0 Å². The van der Waals surface area contributed by atoms with Gasteiger partial charge < -0.3 is 15.0 Å². The Kier molecular flexibility index (Phi) is 6.43. The first-order chi connectivity index (χ1) is 14.0. The summed E-state index contributed by atoms with van der Waals surface area (Å²) in [7, 11) is 5.60. The normalized spacial score (nSPS) is 11.7. The van der Waals surface area contributed by atoms with Crippen molar-refractivity contribution < 1.29 is 9.53 Å². The molecule has 0 saturated heterocycles. The molecule has 0 aliphatic carbocycles. The second-order valence-corrected chi connectivity index (χ2v) is 7.02. The van der Waals surface area contributed by atoms with E-state index in [1.807, 2.05) is 61.5 Å². The number of carbonyl (C=O) groups is 1. The Bertz CT molecular complexity index is 969. The van der Waals surface area contributed by atoms with Gasteiger partial charge in [-0.1, -0.05) is 24.3 Å². The number of nitrogens with zero attached hydrogens (tertiary/aromatic N) is 5. The van der Waals surface area contributed by atoms with Gasteiger partial charge in [-0.2, -0.15) is 0 Å². The summed E-state index contributed by atoms with van der Waals surface area (Å²) in [6.45, 7) is 2.21. The monoisotopic (exact) mass is 394 g/mol. The second-order valence-electron chi connectivity index (χ2n) is 7.02. The Morgan fingerprint density at radius 3 is 2.62 bits per heavy atom. The van der Waals surface area contributed by atoms with Crippen molar-refractivity contribution in [1.82, 2.24) is 25.5 Å². The third kappa shape index (κ3) is 5.10. The molecule has 1 atom stereocenters. The van der Waals surface area contributed by atoms with Gasteiger partial charge in [-0.25, -0.2) is 4.68 Å². The van der Waals surface area contributed by atoms with Crippen LogP contribution in [0.2, 0.25) is 0 Å². The highest BCUT2D eigenvalue weighted by molar-refractivity contribution is 5.80. The van der Waals surface area contributed by atoms with Crippen LogP contribution in [-0.2, 0) is 17.8 Å². The van der Waals surface area contributed by atoms with E-state index in [1.165, 1.54) is 0 Å². The van der Waals surface area contributed by atoms with Gasteiger partial charge in [0.25, 0.3) is 0 Å². The molecule has 1 aromatic heterocycles. The number of nitrogens with one attached hydrogen (secondary N) is 1. The fourth-order valence-electron chi connectivity index (χ4n) is 3.09. The Labute approximate surface area is 170 Å². The summed E-state index contributed by atoms with van der Waals surface area (Å²) in [6.07, 6.45) is 0.451. The van der Waals surface area contributed by atoms with Crippen LogP contribution >= 0.6 is 0 Å². The van der Waals surface area contributed by atoms with Crippen LogP contribution < -0.4 is 15.0 Å². The van der Waals surface area contributed by atoms with E-state index in [-0.39, 0.29) is 5.91 Å². The summed E-state index contributed by atoms with van der Waals surface area (Å²) in [6, 6.07) is 15.2. The van der Waals surface area contributed by atoms with Gasteiger partial charge in [0.1, 0.15) is 17.6 Å². The number of ether oxygens (including phenoxy) is 1. The van der Waals surface area contributed by atoms with Crippen molar-refractivity contribution >= 4 is 11.6 Å². The minimum absolute atomic E-state index is 0.140. The van der Waals surface area contributed by atoms with Crippen LogP contribution in [0.5, 0.6) is 5.75 Å². The SMILES string of the molecule is COc1cccc(CC(C(=O)NCc2cccc(N(C)C)c2)n2nnnc2C)c1. The number of anilines is 1. The largest absolute Gasteiger partial charge is 0.497 e. The summed E-state index contributed by atoms with van der Waals surface area (Å²) in [5.41, 5.74) is 3.08. The fourth-order valence-corrected chi connectivity index (χ4v) is 3.09. The van der Waals surface area contributed by atoms with E-state index in [9.17, 15) is 4.79 Å². The number of tetrazole rings is 1. The Morgan fingerprint density at radius 1 is 1.17 bits per heavy atom. The second kappa shape index (κ2) is 9.18. The third-order valence-corrected chi connectivity index (χ3v) is 4.71. The van der Waals surface area contributed by atoms with Crippen LogP contribution in [0.1, 0.15) is 23.0 Å². The molecule has 1 N–H and O–H groups in total. The first-order valence-corrected chi connectivity index (χ1v) is 9.39. The van der Waals surface area contributed by atoms with Gasteiger partial charge in [-0.15, -0.1) is 5.10 Å². The first kappa shape index (κ1) is 20.3. The van der Waals surface area contributed by atoms with Crippen molar-refractivity contribution in [3.63, 3.8) is 0 Å². The Hall–Kier alpha value is -3.42. The van der Waals surface area contributed by atoms with Gasteiger partial charge in [0.05, 0.1) is 7.11 Å². The number of amides is 1. The van der Waals surface area contributed by atoms with Crippen molar-refractivity contribution in [3.8, 4) is 5.75 Å². The molecule has 1 amide bonds. The molecule has 3 rings (SSSR count). The van der Waals surface area contributed by atoms with Crippen LogP contribution in [0.15, 0.2) is 48.5 Å². The van der Waals surface area contributed by atoms with E-state index in [4.69, 9.17) is 4.74 Å². The lowest BCUT2D eigenvalue weighted by atomic mass is 10.0. The first-order valence-electron chi connectivity index (χ1n) is 9.39. The standard InChI is InChI=1S/C21H26N6O2/c1-15-23-24-25-27(15)20(13-16-7-6-10-19(12-16)29-4)21(28)22-14-17-8-5-9-18(11-17)26(2)3/h5-12,20H,13-14H2,1-4H3,(H,22,28). The summed E-state index contributed by atoms with van der Waals surface area (Å²) >= 11 is 0. The number of hydrogen-bond donors (Lipinski definition) is 1. The van der Waals surface area contributed by atoms with E-state index < -0.39 is 6.04 Å². The van der Waals surface area contributed by atoms with Gasteiger partial charge in [-0.3, -0.25) is 4.79 Å². The number of aryl methyl sites for hydroxylation is 1. The van der Waals surface area contributed by atoms with Crippen LogP contribution in [0.3, 0.4) is 0 Å². The van der Waals surface area contributed by atoms with E-state index in [0.29, 0.717) is 18.8 Å². The molecule has 3 aromatic rings. The summed E-state index contributed by atoms with van der Waals surface area (Å²) in [4.78, 5) is 15.1. The van der Waals surface area contributed by atoms with E-state index in [0.717, 1.165) is 22.6 Å². The quantitative estimate of drug-likeness (QED) is 0.630. The zero-order valence-corrected chi connectivity index (χ0v) is 17.2. The molecule has 0 saturated carbocycles. The molecule has 0 aliphatic heterocycles. The summed E-state index contributed by atoms with van der Waals surface area (Å²) in [5, 5.41) is 14.7. The molecule has 29 heavy (non-hydrogen) atoms. The predicted molar refractivity (Wildman–Crippen MR) is 111 cm³/mol. The summed E-state index contributed by atoms with van der Waals surface area (Å²) in [5.74, 6) is 1.19. The molecule has 1 unspecified atom stereocenters. The highest BCUT2D eigenvalue weighted by Gasteiger charge is 2.24. The predicted octanol–water partition coefficient (Wildman–Crippen LogP) is 2.16. The van der Waals surface area contributed by atoms with Crippen molar-refractivity contribution in [2.24, 2.45) is 0 Å². The molecule has 8 heteroatoms. The zero-order chi connectivity index (χ0) is 20.8. The molecule has 152 valence electrons. The van der Waals surface area contributed by atoms with Gasteiger partial charge >= 0.3 is 0 Å². The maximum absolute atomic E-state index is 13.1. The third-order valence-electron chi connectivity index (χ3n) is 4.71.